The molecule has 4 rings (SSSR count). The normalized spacial score (nSPS) is 15.0. The van der Waals surface area contributed by atoms with Crippen LogP contribution >= 0.6 is 23.1 Å². The largest absolute Gasteiger partial charge is 0.459 e. The second-order valence-corrected chi connectivity index (χ2v) is 9.62. The number of benzene rings is 1. The summed E-state index contributed by atoms with van der Waals surface area (Å²) in [6.45, 7) is 2.22. The van der Waals surface area contributed by atoms with Gasteiger partial charge in [-0.3, -0.25) is 9.59 Å². The molecule has 158 valence electrons. The number of thioether (sulfide) groups is 1. The molecule has 2 N–H and O–H groups in total. The van der Waals surface area contributed by atoms with Crippen LogP contribution in [0.5, 0.6) is 0 Å². The Balaban J connectivity index is 1.36. The Morgan fingerprint density at radius 1 is 1.29 bits per heavy atom. The number of nitriles is 1. The van der Waals surface area contributed by atoms with E-state index in [0.717, 1.165) is 29.7 Å². The quantitative estimate of drug-likeness (QED) is 0.495. The van der Waals surface area contributed by atoms with Gasteiger partial charge < -0.3 is 15.1 Å². The number of carbonyl (C=O) groups excluding carboxylic acids is 2. The van der Waals surface area contributed by atoms with Gasteiger partial charge >= 0.3 is 0 Å². The van der Waals surface area contributed by atoms with Gasteiger partial charge in [-0.05, 0) is 61.1 Å². The van der Waals surface area contributed by atoms with Gasteiger partial charge in [0.05, 0.1) is 17.6 Å². The summed E-state index contributed by atoms with van der Waals surface area (Å²) in [6.07, 6.45) is 4.39. The summed E-state index contributed by atoms with van der Waals surface area (Å²) in [5, 5.41) is 15.9. The molecule has 1 aromatic carbocycles. The Hall–Kier alpha value is -3.02. The Bertz CT molecular complexity index is 1150. The SMILES string of the molecule is CC1CCc2c(sc(NC(=O)CSc3cccc(NC(=O)c4ccco4)c3)c2C#N)C1. The van der Waals surface area contributed by atoms with E-state index < -0.39 is 0 Å². The first-order chi connectivity index (χ1) is 15.0. The summed E-state index contributed by atoms with van der Waals surface area (Å²) in [6, 6.07) is 12.8. The molecule has 0 radical (unpaired) electrons. The predicted octanol–water partition coefficient (Wildman–Crippen LogP) is 5.32. The molecule has 0 bridgehead atoms. The van der Waals surface area contributed by atoms with Crippen molar-refractivity contribution in [1.82, 2.24) is 0 Å². The van der Waals surface area contributed by atoms with Crippen LogP contribution in [0.25, 0.3) is 0 Å². The number of amides is 2. The molecule has 2 heterocycles. The molecule has 2 amide bonds. The third-order valence-electron chi connectivity index (χ3n) is 5.08. The molecule has 1 aliphatic rings. The number of furan rings is 1. The summed E-state index contributed by atoms with van der Waals surface area (Å²) in [7, 11) is 0. The van der Waals surface area contributed by atoms with Crippen molar-refractivity contribution in [3.05, 3.63) is 64.4 Å². The van der Waals surface area contributed by atoms with Crippen molar-refractivity contribution in [2.45, 2.75) is 31.1 Å². The smallest absolute Gasteiger partial charge is 0.291 e. The zero-order valence-corrected chi connectivity index (χ0v) is 18.6. The van der Waals surface area contributed by atoms with Crippen LogP contribution in [-0.4, -0.2) is 17.6 Å². The number of thiophene rings is 1. The molecule has 0 saturated carbocycles. The van der Waals surface area contributed by atoms with Crippen molar-refractivity contribution >= 4 is 45.6 Å². The molecule has 0 spiro atoms. The number of hydrogen-bond donors (Lipinski definition) is 2. The van der Waals surface area contributed by atoms with Crippen LogP contribution in [0.2, 0.25) is 0 Å². The van der Waals surface area contributed by atoms with Crippen LogP contribution in [0.4, 0.5) is 10.7 Å². The van der Waals surface area contributed by atoms with Crippen LogP contribution < -0.4 is 10.6 Å². The van der Waals surface area contributed by atoms with E-state index in [-0.39, 0.29) is 23.3 Å². The highest BCUT2D eigenvalue weighted by molar-refractivity contribution is 8.00. The average Bonchev–Trinajstić information content (AvgIpc) is 3.40. The van der Waals surface area contributed by atoms with Crippen LogP contribution in [0, 0.1) is 17.2 Å². The molecule has 1 aliphatic carbocycles. The Labute approximate surface area is 188 Å². The lowest BCUT2D eigenvalue weighted by Crippen LogP contribution is -2.14. The highest BCUT2D eigenvalue weighted by Crippen LogP contribution is 2.39. The maximum absolute atomic E-state index is 12.5. The van der Waals surface area contributed by atoms with Gasteiger partial charge in [-0.25, -0.2) is 0 Å². The Kier molecular flexibility index (Phi) is 6.44. The van der Waals surface area contributed by atoms with Crippen molar-refractivity contribution in [3.8, 4) is 6.07 Å². The standard InChI is InChI=1S/C23H21N3O3S2/c1-14-7-8-17-18(12-24)23(31-20(17)10-14)26-21(27)13-30-16-5-2-4-15(11-16)25-22(28)19-6-3-9-29-19/h2-6,9,11,14H,7-8,10,13H2,1H3,(H,25,28)(H,26,27). The maximum Gasteiger partial charge on any atom is 0.291 e. The minimum absolute atomic E-state index is 0.154. The van der Waals surface area contributed by atoms with Crippen molar-refractivity contribution in [2.75, 3.05) is 16.4 Å². The molecule has 1 atom stereocenters. The highest BCUT2D eigenvalue weighted by atomic mass is 32.2. The van der Waals surface area contributed by atoms with Gasteiger partial charge in [0.2, 0.25) is 5.91 Å². The lowest BCUT2D eigenvalue weighted by atomic mass is 9.89. The van der Waals surface area contributed by atoms with Crippen LogP contribution in [0.1, 0.15) is 39.9 Å². The summed E-state index contributed by atoms with van der Waals surface area (Å²) < 4.78 is 5.10. The second-order valence-electron chi connectivity index (χ2n) is 7.46. The van der Waals surface area contributed by atoms with Crippen LogP contribution in [0.3, 0.4) is 0 Å². The van der Waals surface area contributed by atoms with Gasteiger partial charge in [-0.15, -0.1) is 23.1 Å². The number of carbonyl (C=O) groups is 2. The molecular weight excluding hydrogens is 430 g/mol. The number of fused-ring (bicyclic) bond motifs is 1. The molecular formula is C23H21N3O3S2. The van der Waals surface area contributed by atoms with Gasteiger partial charge in [-0.1, -0.05) is 13.0 Å². The van der Waals surface area contributed by atoms with E-state index in [2.05, 4.69) is 23.6 Å². The molecule has 3 aromatic rings. The Morgan fingerprint density at radius 2 is 2.16 bits per heavy atom. The maximum atomic E-state index is 12.5. The zero-order valence-electron chi connectivity index (χ0n) is 16.9. The number of rotatable bonds is 6. The van der Waals surface area contributed by atoms with Crippen molar-refractivity contribution in [2.24, 2.45) is 5.92 Å². The summed E-state index contributed by atoms with van der Waals surface area (Å²) >= 11 is 2.90. The lowest BCUT2D eigenvalue weighted by Gasteiger charge is -2.17. The first-order valence-corrected chi connectivity index (χ1v) is 11.8. The van der Waals surface area contributed by atoms with Crippen LogP contribution in [-0.2, 0) is 17.6 Å². The molecule has 31 heavy (non-hydrogen) atoms. The molecule has 0 fully saturated rings. The molecule has 0 aliphatic heterocycles. The van der Waals surface area contributed by atoms with Gasteiger partial charge in [0.15, 0.2) is 5.76 Å². The van der Waals surface area contributed by atoms with E-state index in [9.17, 15) is 14.9 Å². The van der Waals surface area contributed by atoms with Crippen molar-refractivity contribution in [1.29, 1.82) is 5.26 Å². The first-order valence-electron chi connectivity index (χ1n) is 9.95. The van der Waals surface area contributed by atoms with E-state index in [1.807, 2.05) is 18.2 Å². The first kappa shape index (κ1) is 21.2. The summed E-state index contributed by atoms with van der Waals surface area (Å²) in [4.78, 5) is 26.7. The highest BCUT2D eigenvalue weighted by Gasteiger charge is 2.24. The van der Waals surface area contributed by atoms with E-state index in [1.54, 1.807) is 18.2 Å². The van der Waals surface area contributed by atoms with E-state index in [0.29, 0.717) is 22.2 Å². The summed E-state index contributed by atoms with van der Waals surface area (Å²) in [5.74, 6) is 0.568. The monoisotopic (exact) mass is 451 g/mol. The minimum atomic E-state index is -0.329. The molecule has 1 unspecified atom stereocenters. The van der Waals surface area contributed by atoms with E-state index in [1.165, 1.54) is 34.2 Å². The van der Waals surface area contributed by atoms with E-state index in [4.69, 9.17) is 4.42 Å². The number of nitrogens with zero attached hydrogens (tertiary/aromatic N) is 1. The second kappa shape index (κ2) is 9.41. The van der Waals surface area contributed by atoms with Gasteiger partial charge in [0.1, 0.15) is 11.1 Å². The van der Waals surface area contributed by atoms with E-state index >= 15 is 0 Å². The third kappa shape index (κ3) is 5.01. The van der Waals surface area contributed by atoms with Gasteiger partial charge in [0.25, 0.3) is 5.91 Å². The third-order valence-corrected chi connectivity index (χ3v) is 7.25. The predicted molar refractivity (Wildman–Crippen MR) is 123 cm³/mol. The average molecular weight is 452 g/mol. The zero-order chi connectivity index (χ0) is 21.8. The fourth-order valence-corrected chi connectivity index (χ4v) is 5.67. The Morgan fingerprint density at radius 3 is 2.94 bits per heavy atom. The topological polar surface area (TPSA) is 95.1 Å². The van der Waals surface area contributed by atoms with Crippen LogP contribution in [0.15, 0.2) is 52.0 Å². The minimum Gasteiger partial charge on any atom is -0.459 e. The molecule has 8 heteroatoms. The lowest BCUT2D eigenvalue weighted by molar-refractivity contribution is -0.113. The summed E-state index contributed by atoms with van der Waals surface area (Å²) in [5.41, 5.74) is 2.35. The fraction of sp³-hybridized carbons (Fsp3) is 0.261. The van der Waals surface area contributed by atoms with Gasteiger partial charge in [0, 0.05) is 15.5 Å². The van der Waals surface area contributed by atoms with Crippen molar-refractivity contribution < 1.29 is 14.0 Å². The van der Waals surface area contributed by atoms with Crippen molar-refractivity contribution in [3.63, 3.8) is 0 Å². The number of nitrogens with one attached hydrogen (secondary N) is 2. The molecule has 6 nitrogen and oxygen atoms in total. The van der Waals surface area contributed by atoms with Gasteiger partial charge in [-0.2, -0.15) is 5.26 Å². The fourth-order valence-electron chi connectivity index (χ4n) is 3.53. The molecule has 2 aromatic heterocycles. The number of anilines is 2. The number of hydrogen-bond acceptors (Lipinski definition) is 6. The molecule has 0 saturated heterocycles.